The molecule has 0 saturated heterocycles. The Kier molecular flexibility index (Phi) is 6.12. The third-order valence-corrected chi connectivity index (χ3v) is 11.3. The van der Waals surface area contributed by atoms with Gasteiger partial charge in [0.2, 0.25) is 0 Å². The Morgan fingerprint density at radius 2 is 0.673 bits per heavy atom. The fraction of sp³-hybridized carbons (Fsp3) is 0.0400. The molecule has 0 radical (unpaired) electrons. The molecule has 2 aromatic heterocycles. The van der Waals surface area contributed by atoms with Gasteiger partial charge < -0.3 is 9.13 Å². The van der Waals surface area contributed by atoms with E-state index in [-0.39, 0.29) is 0 Å². The topological polar surface area (TPSA) is 9.86 Å². The van der Waals surface area contributed by atoms with Gasteiger partial charge in [-0.25, -0.2) is 0 Å². The Morgan fingerprint density at radius 3 is 1.13 bits per heavy atom. The molecule has 244 valence electrons. The van der Waals surface area contributed by atoms with E-state index in [1.54, 1.807) is 0 Å². The van der Waals surface area contributed by atoms with Crippen LogP contribution < -0.4 is 0 Å². The van der Waals surface area contributed by atoms with E-state index >= 15 is 0 Å². The minimum atomic E-state index is 1.16. The van der Waals surface area contributed by atoms with Crippen molar-refractivity contribution in [1.29, 1.82) is 0 Å². The lowest BCUT2D eigenvalue weighted by molar-refractivity contribution is 1.12. The average Bonchev–Trinajstić information content (AvgIpc) is 3.71. The SMILES string of the molecule is Cc1cc2c3ccccc3c3ccccc3c2cc1-c1c(C)cc(-n2c3ccccc3c3ccccc32)cc1-n1c2ccccc2c2ccccc21. The van der Waals surface area contributed by atoms with Crippen LogP contribution in [0.5, 0.6) is 0 Å². The van der Waals surface area contributed by atoms with E-state index in [0.29, 0.717) is 0 Å². The molecule has 0 N–H and O–H groups in total. The van der Waals surface area contributed by atoms with Gasteiger partial charge in [-0.1, -0.05) is 127 Å². The van der Waals surface area contributed by atoms with Gasteiger partial charge in [-0.05, 0) is 105 Å². The molecule has 0 atom stereocenters. The summed E-state index contributed by atoms with van der Waals surface area (Å²) >= 11 is 0. The summed E-state index contributed by atoms with van der Waals surface area (Å²) in [6.07, 6.45) is 0. The number of nitrogens with zero attached hydrogens (tertiary/aromatic N) is 2. The van der Waals surface area contributed by atoms with Gasteiger partial charge in [-0.3, -0.25) is 0 Å². The van der Waals surface area contributed by atoms with Crippen molar-refractivity contribution in [2.24, 2.45) is 0 Å². The Labute approximate surface area is 301 Å². The van der Waals surface area contributed by atoms with E-state index in [9.17, 15) is 0 Å². The van der Waals surface area contributed by atoms with Crippen LogP contribution in [0.15, 0.2) is 170 Å². The first-order valence-electron chi connectivity index (χ1n) is 18.1. The zero-order valence-corrected chi connectivity index (χ0v) is 29.1. The third kappa shape index (κ3) is 4.01. The summed E-state index contributed by atoms with van der Waals surface area (Å²) < 4.78 is 4.96. The van der Waals surface area contributed by atoms with E-state index in [4.69, 9.17) is 0 Å². The molecule has 2 heterocycles. The zero-order valence-electron chi connectivity index (χ0n) is 29.1. The quantitative estimate of drug-likeness (QED) is 0.167. The monoisotopic (exact) mass is 662 g/mol. The maximum atomic E-state index is 2.51. The molecule has 2 heteroatoms. The van der Waals surface area contributed by atoms with Crippen LogP contribution in [0.1, 0.15) is 11.1 Å². The minimum absolute atomic E-state index is 1.16. The van der Waals surface area contributed by atoms with Gasteiger partial charge in [0.05, 0.1) is 27.8 Å². The lowest BCUT2D eigenvalue weighted by atomic mass is 9.88. The second kappa shape index (κ2) is 10.9. The fourth-order valence-corrected chi connectivity index (χ4v) is 9.12. The first-order valence-corrected chi connectivity index (χ1v) is 18.1. The number of hydrogen-bond acceptors (Lipinski definition) is 0. The summed E-state index contributed by atoms with van der Waals surface area (Å²) in [5, 5.41) is 12.8. The Hall–Kier alpha value is -6.64. The zero-order chi connectivity index (χ0) is 34.5. The van der Waals surface area contributed by atoms with Crippen molar-refractivity contribution in [3.05, 3.63) is 181 Å². The average molecular weight is 663 g/mol. The van der Waals surface area contributed by atoms with Crippen molar-refractivity contribution in [2.45, 2.75) is 13.8 Å². The van der Waals surface area contributed by atoms with Crippen molar-refractivity contribution >= 4 is 75.9 Å². The van der Waals surface area contributed by atoms with Crippen LogP contribution in [0.4, 0.5) is 0 Å². The van der Waals surface area contributed by atoms with E-state index in [1.807, 2.05) is 0 Å². The fourth-order valence-electron chi connectivity index (χ4n) is 9.12. The standard InChI is InChI=1S/C50H34N2/c1-31-28-43-36-17-5-3-15-34(36)35-16-4-6-18-37(35)44(43)30-42(31)50-32(2)27-33(51-45-23-11-7-19-38(45)39-20-8-12-24-46(39)51)29-49(50)52-47-25-13-9-21-40(47)41-22-10-14-26-48(41)52/h3-30H,1-2H3. The first kappa shape index (κ1) is 29.1. The Balaban J connectivity index is 1.30. The van der Waals surface area contributed by atoms with E-state index in [1.165, 1.54) is 104 Å². The number of rotatable bonds is 3. The van der Waals surface area contributed by atoms with E-state index in [2.05, 4.69) is 193 Å². The largest absolute Gasteiger partial charge is 0.309 e. The normalized spacial score (nSPS) is 12.0. The van der Waals surface area contributed by atoms with Crippen LogP contribution >= 0.6 is 0 Å². The number of aryl methyl sites for hydroxylation is 2. The summed E-state index contributed by atoms with van der Waals surface area (Å²) in [5.41, 5.74) is 12.2. The summed E-state index contributed by atoms with van der Waals surface area (Å²) in [5.74, 6) is 0. The molecule has 0 fully saturated rings. The molecule has 0 aliphatic rings. The van der Waals surface area contributed by atoms with Gasteiger partial charge in [0.1, 0.15) is 0 Å². The lowest BCUT2D eigenvalue weighted by Crippen LogP contribution is -2.04. The molecule has 0 saturated carbocycles. The number of hydrogen-bond donors (Lipinski definition) is 0. The van der Waals surface area contributed by atoms with Crippen LogP contribution in [0.3, 0.4) is 0 Å². The van der Waals surface area contributed by atoms with Gasteiger partial charge in [0.25, 0.3) is 0 Å². The highest BCUT2D eigenvalue weighted by Gasteiger charge is 2.22. The van der Waals surface area contributed by atoms with Crippen molar-refractivity contribution in [3.63, 3.8) is 0 Å². The Bertz CT molecular complexity index is 3160. The van der Waals surface area contributed by atoms with Crippen LogP contribution in [-0.4, -0.2) is 9.13 Å². The van der Waals surface area contributed by atoms with Crippen molar-refractivity contribution < 1.29 is 0 Å². The molecule has 2 nitrogen and oxygen atoms in total. The van der Waals surface area contributed by atoms with Gasteiger partial charge in [-0.2, -0.15) is 0 Å². The van der Waals surface area contributed by atoms with Crippen LogP contribution in [0, 0.1) is 13.8 Å². The molecular formula is C50H34N2. The molecule has 11 rings (SSSR count). The molecule has 0 unspecified atom stereocenters. The highest BCUT2D eigenvalue weighted by molar-refractivity contribution is 6.26. The van der Waals surface area contributed by atoms with Crippen molar-refractivity contribution in [3.8, 4) is 22.5 Å². The second-order valence-electron chi connectivity index (χ2n) is 14.2. The molecule has 0 aliphatic carbocycles. The predicted molar refractivity (Wildman–Crippen MR) is 223 cm³/mol. The molecule has 52 heavy (non-hydrogen) atoms. The van der Waals surface area contributed by atoms with Gasteiger partial charge >= 0.3 is 0 Å². The van der Waals surface area contributed by atoms with Gasteiger partial charge in [0, 0.05) is 32.8 Å². The molecular weight excluding hydrogens is 629 g/mol. The predicted octanol–water partition coefficient (Wildman–Crippen LogP) is 13.6. The van der Waals surface area contributed by atoms with Gasteiger partial charge in [0.15, 0.2) is 0 Å². The molecule has 0 aliphatic heterocycles. The third-order valence-electron chi connectivity index (χ3n) is 11.3. The summed E-state index contributed by atoms with van der Waals surface area (Å²) in [4.78, 5) is 0. The molecule has 0 spiro atoms. The number of para-hydroxylation sites is 4. The van der Waals surface area contributed by atoms with Crippen LogP contribution in [0.2, 0.25) is 0 Å². The summed E-state index contributed by atoms with van der Waals surface area (Å²) in [7, 11) is 0. The molecule has 0 amide bonds. The lowest BCUT2D eigenvalue weighted by Gasteiger charge is -2.22. The highest BCUT2D eigenvalue weighted by Crippen LogP contribution is 2.44. The highest BCUT2D eigenvalue weighted by atomic mass is 15.0. The maximum Gasteiger partial charge on any atom is 0.0564 e. The first-order chi connectivity index (χ1) is 25.7. The summed E-state index contributed by atoms with van der Waals surface area (Å²) in [6.45, 7) is 4.58. The van der Waals surface area contributed by atoms with Gasteiger partial charge in [-0.15, -0.1) is 0 Å². The maximum absolute atomic E-state index is 2.51. The molecule has 0 bridgehead atoms. The van der Waals surface area contributed by atoms with Crippen molar-refractivity contribution in [1.82, 2.24) is 9.13 Å². The minimum Gasteiger partial charge on any atom is -0.309 e. The summed E-state index contributed by atoms with van der Waals surface area (Å²) in [6, 6.07) is 62.8. The van der Waals surface area contributed by atoms with E-state index in [0.717, 1.165) is 5.69 Å². The van der Waals surface area contributed by atoms with Crippen molar-refractivity contribution in [2.75, 3.05) is 0 Å². The number of fused-ring (bicyclic) bond motifs is 12. The van der Waals surface area contributed by atoms with E-state index < -0.39 is 0 Å². The number of aromatic nitrogens is 2. The molecule has 11 aromatic rings. The Morgan fingerprint density at radius 1 is 0.308 bits per heavy atom. The smallest absolute Gasteiger partial charge is 0.0564 e. The molecule has 9 aromatic carbocycles. The number of benzene rings is 9. The van der Waals surface area contributed by atoms with Crippen LogP contribution in [-0.2, 0) is 0 Å². The van der Waals surface area contributed by atoms with Crippen LogP contribution in [0.25, 0.3) is 98.4 Å². The second-order valence-corrected chi connectivity index (χ2v) is 14.2.